The lowest BCUT2D eigenvalue weighted by atomic mass is 10.0. The van der Waals surface area contributed by atoms with Crippen molar-refractivity contribution in [2.75, 3.05) is 22.6 Å². The van der Waals surface area contributed by atoms with Gasteiger partial charge in [0.2, 0.25) is 5.91 Å². The van der Waals surface area contributed by atoms with E-state index in [1.54, 1.807) is 72.4 Å². The molecule has 0 saturated heterocycles. The molecule has 0 heterocycles. The zero-order valence-corrected chi connectivity index (χ0v) is 22.1. The first kappa shape index (κ1) is 27.2. The number of carbonyl (C=O) groups is 2. The van der Waals surface area contributed by atoms with Gasteiger partial charge in [-0.15, -0.1) is 11.8 Å². The Labute approximate surface area is 223 Å². The van der Waals surface area contributed by atoms with Crippen molar-refractivity contribution in [3.05, 3.63) is 88.9 Å². The number of amides is 2. The van der Waals surface area contributed by atoms with Crippen molar-refractivity contribution in [3.8, 4) is 5.75 Å². The molecule has 0 fully saturated rings. The quantitative estimate of drug-likeness (QED) is 0.0894. The third kappa shape index (κ3) is 8.35. The number of para-hydroxylation sites is 2. The first-order valence-corrected chi connectivity index (χ1v) is 13.3. The average Bonchev–Trinajstić information content (AvgIpc) is 2.86. The molecule has 0 radical (unpaired) electrons. The third-order valence-electron chi connectivity index (χ3n) is 5.25. The lowest BCUT2D eigenvalue weighted by Crippen LogP contribution is -2.18. The van der Waals surface area contributed by atoms with Gasteiger partial charge >= 0.3 is 6.09 Å². The number of unbranched alkanes of at least 4 members (excludes halogenated alkanes) is 1. The highest BCUT2D eigenvalue weighted by Crippen LogP contribution is 2.33. The molecule has 1 atom stereocenters. The van der Waals surface area contributed by atoms with Crippen LogP contribution in [0.1, 0.15) is 30.9 Å². The van der Waals surface area contributed by atoms with E-state index in [-0.39, 0.29) is 11.7 Å². The zero-order valence-electron chi connectivity index (χ0n) is 19.7. The Balaban J connectivity index is 1.59. The van der Waals surface area contributed by atoms with Crippen LogP contribution in [0.5, 0.6) is 5.75 Å². The molecule has 3 aromatic rings. The SMILES string of the molecule is CSc1ccc(NC(=O)O[C@@H](CCC/C=C/C(=O)Nc2ccccc2N)c2cc(Br)ccc2O)cc1. The van der Waals surface area contributed by atoms with Gasteiger partial charge in [-0.05, 0) is 86.2 Å². The summed E-state index contributed by atoms with van der Waals surface area (Å²) in [6.45, 7) is 0. The molecule has 36 heavy (non-hydrogen) atoms. The third-order valence-corrected chi connectivity index (χ3v) is 6.48. The zero-order chi connectivity index (χ0) is 25.9. The second-order valence-electron chi connectivity index (χ2n) is 7.86. The van der Waals surface area contributed by atoms with Crippen LogP contribution in [0.3, 0.4) is 0 Å². The maximum atomic E-state index is 12.6. The van der Waals surface area contributed by atoms with Gasteiger partial charge in [-0.1, -0.05) is 34.1 Å². The molecule has 0 aliphatic carbocycles. The van der Waals surface area contributed by atoms with Crippen molar-refractivity contribution in [2.45, 2.75) is 30.3 Å². The molecule has 0 aliphatic rings. The standard InChI is InChI=1S/C27H28BrN3O4S/c1-36-20-14-12-19(13-15-20)30-27(34)35-25(21-17-18(28)11-16-24(21)32)9-3-2-4-10-26(33)31-23-8-6-5-7-22(23)29/h4-8,10-17,25,32H,2-3,9,29H2,1H3,(H,30,34)(H,31,33)/b10-4+/t25-/m0/s1. The van der Waals surface area contributed by atoms with Gasteiger partial charge in [0.15, 0.2) is 0 Å². The number of nitrogens with two attached hydrogens (primary N) is 1. The maximum Gasteiger partial charge on any atom is 0.412 e. The summed E-state index contributed by atoms with van der Waals surface area (Å²) >= 11 is 5.02. The van der Waals surface area contributed by atoms with Gasteiger partial charge in [0.05, 0.1) is 11.4 Å². The summed E-state index contributed by atoms with van der Waals surface area (Å²) in [7, 11) is 0. The number of anilines is 3. The predicted molar refractivity (Wildman–Crippen MR) is 149 cm³/mol. The van der Waals surface area contributed by atoms with E-state index in [4.69, 9.17) is 10.5 Å². The van der Waals surface area contributed by atoms with E-state index >= 15 is 0 Å². The van der Waals surface area contributed by atoms with E-state index in [2.05, 4.69) is 26.6 Å². The number of phenols is 1. The molecular formula is C27H28BrN3O4S. The van der Waals surface area contributed by atoms with E-state index in [1.165, 1.54) is 6.08 Å². The van der Waals surface area contributed by atoms with Crippen molar-refractivity contribution < 1.29 is 19.4 Å². The molecule has 7 nitrogen and oxygen atoms in total. The number of hydrogen-bond acceptors (Lipinski definition) is 6. The lowest BCUT2D eigenvalue weighted by Gasteiger charge is -2.20. The number of hydrogen-bond donors (Lipinski definition) is 4. The first-order chi connectivity index (χ1) is 17.4. The molecule has 9 heteroatoms. The number of nitrogen functional groups attached to an aromatic ring is 1. The number of nitrogens with one attached hydrogen (secondary N) is 2. The van der Waals surface area contributed by atoms with Gasteiger partial charge in [0.25, 0.3) is 0 Å². The Morgan fingerprint density at radius 2 is 1.86 bits per heavy atom. The van der Waals surface area contributed by atoms with E-state index in [0.29, 0.717) is 41.9 Å². The van der Waals surface area contributed by atoms with Gasteiger partial charge < -0.3 is 20.9 Å². The summed E-state index contributed by atoms with van der Waals surface area (Å²) in [5.41, 5.74) is 8.01. The Kier molecular flexibility index (Phi) is 10.3. The molecule has 3 rings (SSSR count). The molecule has 188 valence electrons. The highest BCUT2D eigenvalue weighted by atomic mass is 79.9. The van der Waals surface area contributed by atoms with Crippen molar-refractivity contribution in [1.29, 1.82) is 0 Å². The number of thioether (sulfide) groups is 1. The van der Waals surface area contributed by atoms with E-state index in [9.17, 15) is 14.7 Å². The minimum atomic E-state index is -0.681. The second kappa shape index (κ2) is 13.6. The van der Waals surface area contributed by atoms with Crippen LogP contribution in [0.2, 0.25) is 0 Å². The molecule has 0 saturated carbocycles. The number of carbonyl (C=O) groups excluding carboxylic acids is 2. The number of benzene rings is 3. The van der Waals surface area contributed by atoms with Crippen LogP contribution in [0.25, 0.3) is 0 Å². The Morgan fingerprint density at radius 3 is 2.58 bits per heavy atom. The molecule has 3 aromatic carbocycles. The average molecular weight is 571 g/mol. The van der Waals surface area contributed by atoms with Gasteiger partial charge in [-0.25, -0.2) is 4.79 Å². The number of allylic oxidation sites excluding steroid dienone is 1. The number of aromatic hydroxyl groups is 1. The number of halogens is 1. The summed E-state index contributed by atoms with van der Waals surface area (Å²) in [6, 6.07) is 19.5. The molecule has 5 N–H and O–H groups in total. The molecule has 0 spiro atoms. The number of phenolic OH excluding ortho intramolecular Hbond substituents is 1. The molecule has 0 aliphatic heterocycles. The van der Waals surface area contributed by atoms with Crippen molar-refractivity contribution in [3.63, 3.8) is 0 Å². The molecule has 2 amide bonds. The van der Waals surface area contributed by atoms with E-state index in [0.717, 1.165) is 9.37 Å². The normalized spacial score (nSPS) is 11.7. The van der Waals surface area contributed by atoms with Crippen LogP contribution in [0.15, 0.2) is 88.3 Å². The lowest BCUT2D eigenvalue weighted by molar-refractivity contribution is -0.111. The maximum absolute atomic E-state index is 12.6. The van der Waals surface area contributed by atoms with Crippen LogP contribution < -0.4 is 16.4 Å². The first-order valence-electron chi connectivity index (χ1n) is 11.3. The highest BCUT2D eigenvalue weighted by Gasteiger charge is 2.20. The van der Waals surface area contributed by atoms with E-state index in [1.807, 2.05) is 18.4 Å². The minimum Gasteiger partial charge on any atom is -0.508 e. The second-order valence-corrected chi connectivity index (χ2v) is 9.66. The van der Waals surface area contributed by atoms with Gasteiger partial charge in [0.1, 0.15) is 11.9 Å². The smallest absolute Gasteiger partial charge is 0.412 e. The van der Waals surface area contributed by atoms with Crippen molar-refractivity contribution in [1.82, 2.24) is 0 Å². The fourth-order valence-electron chi connectivity index (χ4n) is 3.41. The Bertz CT molecular complexity index is 1220. The minimum absolute atomic E-state index is 0.0377. The van der Waals surface area contributed by atoms with Crippen LogP contribution in [-0.4, -0.2) is 23.4 Å². The van der Waals surface area contributed by atoms with Gasteiger partial charge in [0, 0.05) is 20.6 Å². The van der Waals surface area contributed by atoms with Gasteiger partial charge in [-0.3, -0.25) is 10.1 Å². The van der Waals surface area contributed by atoms with Crippen LogP contribution in [0.4, 0.5) is 21.9 Å². The monoisotopic (exact) mass is 569 g/mol. The Morgan fingerprint density at radius 1 is 1.11 bits per heavy atom. The predicted octanol–water partition coefficient (Wildman–Crippen LogP) is 7.11. The van der Waals surface area contributed by atoms with E-state index < -0.39 is 12.2 Å². The summed E-state index contributed by atoms with van der Waals surface area (Å²) in [4.78, 5) is 25.9. The molecule has 0 aromatic heterocycles. The number of ether oxygens (including phenoxy) is 1. The van der Waals surface area contributed by atoms with Crippen LogP contribution in [0, 0.1) is 0 Å². The summed E-state index contributed by atoms with van der Waals surface area (Å²) in [6.07, 6.45) is 5.51. The Hall–Kier alpha value is -3.43. The van der Waals surface area contributed by atoms with Gasteiger partial charge in [-0.2, -0.15) is 0 Å². The molecule has 0 bridgehead atoms. The molecule has 0 unspecified atom stereocenters. The molecular weight excluding hydrogens is 542 g/mol. The highest BCUT2D eigenvalue weighted by molar-refractivity contribution is 9.10. The fraction of sp³-hybridized carbons (Fsp3) is 0.185. The topological polar surface area (TPSA) is 114 Å². The number of rotatable bonds is 10. The van der Waals surface area contributed by atoms with Crippen LogP contribution >= 0.6 is 27.7 Å². The summed E-state index contributed by atoms with van der Waals surface area (Å²) in [5, 5.41) is 15.9. The largest absolute Gasteiger partial charge is 0.508 e. The summed E-state index contributed by atoms with van der Waals surface area (Å²) in [5.74, 6) is -0.243. The van der Waals surface area contributed by atoms with Crippen molar-refractivity contribution >= 4 is 56.8 Å². The van der Waals surface area contributed by atoms with Crippen molar-refractivity contribution in [2.24, 2.45) is 0 Å². The van der Waals surface area contributed by atoms with Crippen LogP contribution in [-0.2, 0) is 9.53 Å². The fourth-order valence-corrected chi connectivity index (χ4v) is 4.20. The summed E-state index contributed by atoms with van der Waals surface area (Å²) < 4.78 is 6.46.